The van der Waals surface area contributed by atoms with Crippen molar-refractivity contribution in [3.8, 4) is 5.75 Å². The maximum Gasteiger partial charge on any atom is 0.255 e. The zero-order valence-corrected chi connectivity index (χ0v) is 12.8. The zero-order chi connectivity index (χ0) is 16.1. The van der Waals surface area contributed by atoms with Crippen LogP contribution in [0.25, 0.3) is 0 Å². The number of nitrogens with zero attached hydrogens (tertiary/aromatic N) is 1. The highest BCUT2D eigenvalue weighted by Gasteiger charge is 2.10. The van der Waals surface area contributed by atoms with Crippen LogP contribution in [0.15, 0.2) is 36.5 Å². The van der Waals surface area contributed by atoms with Crippen molar-refractivity contribution in [2.45, 2.75) is 6.92 Å². The third kappa shape index (κ3) is 3.95. The lowest BCUT2D eigenvalue weighted by Crippen LogP contribution is -2.13. The molecule has 6 nitrogen and oxygen atoms in total. The van der Waals surface area contributed by atoms with Crippen LogP contribution in [0.4, 0.5) is 11.4 Å². The minimum atomic E-state index is -0.330. The molecule has 2 aromatic rings. The van der Waals surface area contributed by atoms with Crippen LogP contribution >= 0.6 is 11.6 Å². The monoisotopic (exact) mass is 319 g/mol. The van der Waals surface area contributed by atoms with Gasteiger partial charge >= 0.3 is 0 Å². The highest BCUT2D eigenvalue weighted by Crippen LogP contribution is 2.28. The molecule has 0 aliphatic carbocycles. The second kappa shape index (κ2) is 6.91. The summed E-state index contributed by atoms with van der Waals surface area (Å²) in [6, 6.07) is 7.96. The van der Waals surface area contributed by atoms with E-state index in [1.165, 1.54) is 26.3 Å². The molecule has 2 N–H and O–H groups in total. The number of ether oxygens (including phenoxy) is 1. The van der Waals surface area contributed by atoms with E-state index in [1.807, 2.05) is 0 Å². The average molecular weight is 320 g/mol. The van der Waals surface area contributed by atoms with Crippen molar-refractivity contribution in [3.05, 3.63) is 47.2 Å². The summed E-state index contributed by atoms with van der Waals surface area (Å²) >= 11 is 5.76. The standard InChI is InChI=1S/C15H14ClN3O3/c1-9(20)18-12-8-11(3-4-13(12)22-2)19-15(21)10-5-6-17-14(16)7-10/h3-8H,1-2H3,(H,18,20)(H,19,21). The molecule has 0 saturated carbocycles. The molecule has 0 atom stereocenters. The lowest BCUT2D eigenvalue weighted by Gasteiger charge is -2.12. The quantitative estimate of drug-likeness (QED) is 0.849. The summed E-state index contributed by atoms with van der Waals surface area (Å²) in [5.41, 5.74) is 1.37. The smallest absolute Gasteiger partial charge is 0.255 e. The Hall–Kier alpha value is -2.60. The summed E-state index contributed by atoms with van der Waals surface area (Å²) in [6.45, 7) is 1.39. The number of carbonyl (C=O) groups is 2. The summed E-state index contributed by atoms with van der Waals surface area (Å²) in [4.78, 5) is 27.2. The zero-order valence-electron chi connectivity index (χ0n) is 12.0. The molecule has 0 radical (unpaired) electrons. The number of aromatic nitrogens is 1. The van der Waals surface area contributed by atoms with Crippen LogP contribution < -0.4 is 15.4 Å². The van der Waals surface area contributed by atoms with Crippen molar-refractivity contribution in [2.75, 3.05) is 17.7 Å². The van der Waals surface area contributed by atoms with Gasteiger partial charge < -0.3 is 15.4 Å². The van der Waals surface area contributed by atoms with Crippen LogP contribution in [0.3, 0.4) is 0 Å². The Kier molecular flexibility index (Phi) is 4.95. The van der Waals surface area contributed by atoms with E-state index in [0.29, 0.717) is 22.7 Å². The molecule has 0 bridgehead atoms. The number of amides is 2. The summed E-state index contributed by atoms with van der Waals surface area (Å²) in [5, 5.41) is 5.60. The molecule has 0 aliphatic heterocycles. The molecule has 2 amide bonds. The van der Waals surface area contributed by atoms with Gasteiger partial charge in [-0.3, -0.25) is 9.59 Å². The van der Waals surface area contributed by atoms with Gasteiger partial charge in [-0.05, 0) is 30.3 Å². The van der Waals surface area contributed by atoms with Gasteiger partial charge in [0.15, 0.2) is 0 Å². The van der Waals surface area contributed by atoms with E-state index in [0.717, 1.165) is 0 Å². The topological polar surface area (TPSA) is 80.3 Å². The largest absolute Gasteiger partial charge is 0.495 e. The lowest BCUT2D eigenvalue weighted by molar-refractivity contribution is -0.114. The molecule has 0 saturated heterocycles. The second-order valence-electron chi connectivity index (χ2n) is 4.42. The van der Waals surface area contributed by atoms with E-state index in [4.69, 9.17) is 16.3 Å². The van der Waals surface area contributed by atoms with Crippen LogP contribution in [0.5, 0.6) is 5.75 Å². The van der Waals surface area contributed by atoms with Crippen molar-refractivity contribution < 1.29 is 14.3 Å². The summed E-state index contributed by atoms with van der Waals surface area (Å²) in [7, 11) is 1.50. The van der Waals surface area contributed by atoms with Crippen molar-refractivity contribution in [3.63, 3.8) is 0 Å². The number of hydrogen-bond acceptors (Lipinski definition) is 4. The highest BCUT2D eigenvalue weighted by molar-refractivity contribution is 6.29. The summed E-state index contributed by atoms with van der Waals surface area (Å²) < 4.78 is 5.15. The van der Waals surface area contributed by atoms with Crippen LogP contribution in [-0.2, 0) is 4.79 Å². The van der Waals surface area contributed by atoms with E-state index in [2.05, 4.69) is 15.6 Å². The predicted molar refractivity (Wildman–Crippen MR) is 84.5 cm³/mol. The Morgan fingerprint density at radius 2 is 1.95 bits per heavy atom. The molecule has 0 aliphatic rings. The van der Waals surface area contributed by atoms with Gasteiger partial charge in [0.1, 0.15) is 10.9 Å². The summed E-state index contributed by atoms with van der Waals surface area (Å²) in [5.74, 6) is -0.0638. The Morgan fingerprint density at radius 3 is 2.59 bits per heavy atom. The molecule has 7 heteroatoms. The Morgan fingerprint density at radius 1 is 1.18 bits per heavy atom. The number of nitrogens with one attached hydrogen (secondary N) is 2. The van der Waals surface area contributed by atoms with Gasteiger partial charge in [-0.1, -0.05) is 11.6 Å². The van der Waals surface area contributed by atoms with Gasteiger partial charge in [-0.25, -0.2) is 4.98 Å². The number of pyridine rings is 1. The third-order valence-corrected chi connectivity index (χ3v) is 2.96. The first-order valence-electron chi connectivity index (χ1n) is 6.38. The van der Waals surface area contributed by atoms with E-state index in [9.17, 15) is 9.59 Å². The molecule has 0 spiro atoms. The van der Waals surface area contributed by atoms with Gasteiger partial charge in [0.25, 0.3) is 5.91 Å². The fraction of sp³-hybridized carbons (Fsp3) is 0.133. The third-order valence-electron chi connectivity index (χ3n) is 2.76. The minimum absolute atomic E-state index is 0.234. The SMILES string of the molecule is COc1ccc(NC(=O)c2ccnc(Cl)c2)cc1NC(C)=O. The van der Waals surface area contributed by atoms with Crippen LogP contribution in [0.2, 0.25) is 5.15 Å². The van der Waals surface area contributed by atoms with E-state index < -0.39 is 0 Å². The van der Waals surface area contributed by atoms with Crippen LogP contribution in [0, 0.1) is 0 Å². The maximum atomic E-state index is 12.1. The molecular formula is C15H14ClN3O3. The molecule has 2 rings (SSSR count). The Labute approximate surface area is 132 Å². The number of halogens is 1. The fourth-order valence-electron chi connectivity index (χ4n) is 1.82. The number of carbonyl (C=O) groups excluding carboxylic acids is 2. The first kappa shape index (κ1) is 15.8. The Balaban J connectivity index is 2.22. The Bertz CT molecular complexity index is 719. The van der Waals surface area contributed by atoms with Gasteiger partial charge in [-0.2, -0.15) is 0 Å². The van der Waals surface area contributed by atoms with Crippen molar-refractivity contribution in [1.29, 1.82) is 0 Å². The van der Waals surface area contributed by atoms with Crippen molar-refractivity contribution in [1.82, 2.24) is 4.98 Å². The lowest BCUT2D eigenvalue weighted by atomic mass is 10.2. The highest BCUT2D eigenvalue weighted by atomic mass is 35.5. The molecule has 0 unspecified atom stereocenters. The van der Waals surface area contributed by atoms with Gasteiger partial charge in [-0.15, -0.1) is 0 Å². The van der Waals surface area contributed by atoms with Crippen molar-refractivity contribution in [2.24, 2.45) is 0 Å². The normalized spacial score (nSPS) is 9.95. The van der Waals surface area contributed by atoms with Gasteiger partial charge in [0.05, 0.1) is 12.8 Å². The van der Waals surface area contributed by atoms with Crippen LogP contribution in [0.1, 0.15) is 17.3 Å². The minimum Gasteiger partial charge on any atom is -0.495 e. The van der Waals surface area contributed by atoms with E-state index >= 15 is 0 Å². The van der Waals surface area contributed by atoms with Gasteiger partial charge in [0, 0.05) is 24.4 Å². The first-order chi connectivity index (χ1) is 10.5. The predicted octanol–water partition coefficient (Wildman–Crippen LogP) is 2.95. The second-order valence-corrected chi connectivity index (χ2v) is 4.80. The molecule has 22 heavy (non-hydrogen) atoms. The number of methoxy groups -OCH3 is 1. The van der Waals surface area contributed by atoms with E-state index in [1.54, 1.807) is 24.3 Å². The van der Waals surface area contributed by atoms with Gasteiger partial charge in [0.2, 0.25) is 5.91 Å². The van der Waals surface area contributed by atoms with Crippen molar-refractivity contribution >= 4 is 34.8 Å². The number of anilines is 2. The van der Waals surface area contributed by atoms with E-state index in [-0.39, 0.29) is 17.0 Å². The number of hydrogen-bond donors (Lipinski definition) is 2. The van der Waals surface area contributed by atoms with Crippen LogP contribution in [-0.4, -0.2) is 23.9 Å². The average Bonchev–Trinajstić information content (AvgIpc) is 2.47. The molecule has 114 valence electrons. The number of benzene rings is 1. The summed E-state index contributed by atoms with van der Waals surface area (Å²) in [6.07, 6.45) is 1.45. The maximum absolute atomic E-state index is 12.1. The molecule has 1 aromatic carbocycles. The first-order valence-corrected chi connectivity index (χ1v) is 6.76. The molecule has 1 heterocycles. The number of rotatable bonds is 4. The fourth-order valence-corrected chi connectivity index (χ4v) is 1.99. The molecule has 1 aromatic heterocycles. The molecular weight excluding hydrogens is 306 g/mol. The molecule has 0 fully saturated rings.